The average Bonchev–Trinajstić information content (AvgIpc) is 2.38. The summed E-state index contributed by atoms with van der Waals surface area (Å²) in [5, 5.41) is 13.7. The Hall–Kier alpha value is -0.550. The van der Waals surface area contributed by atoms with Crippen molar-refractivity contribution in [1.82, 2.24) is 5.32 Å². The van der Waals surface area contributed by atoms with Gasteiger partial charge in [-0.15, -0.1) is 0 Å². The van der Waals surface area contributed by atoms with Gasteiger partial charge in [0, 0.05) is 18.1 Å². The number of rotatable bonds is 4. The molecule has 0 aliphatic carbocycles. The molecule has 0 spiro atoms. The third kappa shape index (κ3) is 3.96. The molecule has 0 radical (unpaired) electrons. The summed E-state index contributed by atoms with van der Waals surface area (Å²) in [6.07, 6.45) is 0. The zero-order valence-electron chi connectivity index (χ0n) is 9.96. The maximum absolute atomic E-state index is 9.64. The fourth-order valence-electron chi connectivity index (χ4n) is 1.70. The molecule has 0 aliphatic heterocycles. The van der Waals surface area contributed by atoms with Gasteiger partial charge in [-0.25, -0.2) is 0 Å². The first-order valence-electron chi connectivity index (χ1n) is 5.69. The third-order valence-corrected chi connectivity index (χ3v) is 4.26. The highest BCUT2D eigenvalue weighted by molar-refractivity contribution is 9.11. The van der Waals surface area contributed by atoms with Gasteiger partial charge in [-0.3, -0.25) is 0 Å². The second kappa shape index (κ2) is 6.75. The summed E-state index contributed by atoms with van der Waals surface area (Å²) in [6, 6.07) is 11.5. The summed E-state index contributed by atoms with van der Waals surface area (Å²) >= 11 is 12.7. The minimum atomic E-state index is 0.217. The Morgan fingerprint density at radius 2 is 1.68 bits per heavy atom. The minimum Gasteiger partial charge on any atom is -0.506 e. The van der Waals surface area contributed by atoms with Crippen molar-refractivity contribution in [3.05, 3.63) is 61.5 Å². The highest BCUT2D eigenvalue weighted by atomic mass is 79.9. The Bertz CT molecular complexity index is 566. The molecule has 5 heteroatoms. The quantitative estimate of drug-likeness (QED) is 0.761. The molecular formula is C14H12Br2ClNO. The molecule has 0 bridgehead atoms. The van der Waals surface area contributed by atoms with Crippen LogP contribution in [0.3, 0.4) is 0 Å². The van der Waals surface area contributed by atoms with Crippen LogP contribution in [0.5, 0.6) is 5.75 Å². The van der Waals surface area contributed by atoms with Crippen molar-refractivity contribution in [3.63, 3.8) is 0 Å². The lowest BCUT2D eigenvalue weighted by Gasteiger charge is -2.09. The standard InChI is InChI=1S/C14H12Br2ClNO/c15-11-5-9(6-12(16)14(11)19)7-18-8-10-3-1-2-4-13(10)17/h1-6,18-19H,7-8H2. The summed E-state index contributed by atoms with van der Waals surface area (Å²) < 4.78 is 1.35. The monoisotopic (exact) mass is 403 g/mol. The molecule has 0 saturated carbocycles. The Morgan fingerprint density at radius 3 is 2.32 bits per heavy atom. The third-order valence-electron chi connectivity index (χ3n) is 2.68. The molecule has 2 aromatic rings. The Labute approximate surface area is 134 Å². The van der Waals surface area contributed by atoms with E-state index in [1.807, 2.05) is 36.4 Å². The van der Waals surface area contributed by atoms with E-state index in [1.165, 1.54) is 0 Å². The Morgan fingerprint density at radius 1 is 1.05 bits per heavy atom. The molecule has 2 N–H and O–H groups in total. The first-order chi connectivity index (χ1) is 9.08. The predicted octanol–water partition coefficient (Wildman–Crippen LogP) is 4.86. The molecule has 0 saturated heterocycles. The molecule has 0 aliphatic rings. The summed E-state index contributed by atoms with van der Waals surface area (Å²) in [7, 11) is 0. The summed E-state index contributed by atoms with van der Waals surface area (Å²) in [6.45, 7) is 1.40. The first kappa shape index (κ1) is 14.9. The van der Waals surface area contributed by atoms with Crippen LogP contribution in [-0.4, -0.2) is 5.11 Å². The lowest BCUT2D eigenvalue weighted by atomic mass is 10.2. The summed E-state index contributed by atoms with van der Waals surface area (Å²) in [4.78, 5) is 0. The van der Waals surface area contributed by atoms with Crippen LogP contribution >= 0.6 is 43.5 Å². The molecule has 19 heavy (non-hydrogen) atoms. The molecule has 0 atom stereocenters. The molecule has 0 unspecified atom stereocenters. The second-order valence-corrected chi connectivity index (χ2v) is 6.22. The van der Waals surface area contributed by atoms with Crippen molar-refractivity contribution in [1.29, 1.82) is 0 Å². The van der Waals surface area contributed by atoms with Crippen molar-refractivity contribution in [2.75, 3.05) is 0 Å². The molecule has 0 amide bonds. The van der Waals surface area contributed by atoms with E-state index >= 15 is 0 Å². The van der Waals surface area contributed by atoms with Crippen LogP contribution in [0.1, 0.15) is 11.1 Å². The summed E-state index contributed by atoms with van der Waals surface area (Å²) in [5.41, 5.74) is 2.14. The van der Waals surface area contributed by atoms with Gasteiger partial charge in [0.25, 0.3) is 0 Å². The van der Waals surface area contributed by atoms with Gasteiger partial charge in [0.05, 0.1) is 8.95 Å². The maximum atomic E-state index is 9.64. The van der Waals surface area contributed by atoms with Gasteiger partial charge in [0.2, 0.25) is 0 Å². The largest absolute Gasteiger partial charge is 0.506 e. The van der Waals surface area contributed by atoms with Gasteiger partial charge in [-0.05, 0) is 61.2 Å². The minimum absolute atomic E-state index is 0.217. The number of nitrogens with one attached hydrogen (secondary N) is 1. The second-order valence-electron chi connectivity index (χ2n) is 4.10. The van der Waals surface area contributed by atoms with Crippen LogP contribution in [-0.2, 0) is 13.1 Å². The van der Waals surface area contributed by atoms with Gasteiger partial charge in [-0.2, -0.15) is 0 Å². The van der Waals surface area contributed by atoms with Gasteiger partial charge in [0.15, 0.2) is 0 Å². The van der Waals surface area contributed by atoms with Crippen LogP contribution < -0.4 is 5.32 Å². The van der Waals surface area contributed by atoms with E-state index in [4.69, 9.17) is 11.6 Å². The SMILES string of the molecule is Oc1c(Br)cc(CNCc2ccccc2Cl)cc1Br. The molecule has 0 aromatic heterocycles. The van der Waals surface area contributed by atoms with Crippen molar-refractivity contribution < 1.29 is 5.11 Å². The number of hydrogen-bond acceptors (Lipinski definition) is 2. The van der Waals surface area contributed by atoms with E-state index in [9.17, 15) is 5.11 Å². The fourth-order valence-corrected chi connectivity index (χ4v) is 3.19. The van der Waals surface area contributed by atoms with E-state index in [1.54, 1.807) is 0 Å². The van der Waals surface area contributed by atoms with E-state index in [2.05, 4.69) is 37.2 Å². The lowest BCUT2D eigenvalue weighted by Crippen LogP contribution is -2.13. The van der Waals surface area contributed by atoms with E-state index in [0.717, 1.165) is 16.1 Å². The lowest BCUT2D eigenvalue weighted by molar-refractivity contribution is 0.468. The molecule has 2 rings (SSSR count). The van der Waals surface area contributed by atoms with Crippen LogP contribution in [0, 0.1) is 0 Å². The number of benzene rings is 2. The first-order valence-corrected chi connectivity index (χ1v) is 7.65. The Balaban J connectivity index is 1.98. The van der Waals surface area contributed by atoms with Crippen LogP contribution in [0.25, 0.3) is 0 Å². The molecule has 0 heterocycles. The fraction of sp³-hybridized carbons (Fsp3) is 0.143. The van der Waals surface area contributed by atoms with E-state index in [-0.39, 0.29) is 5.75 Å². The molecular weight excluding hydrogens is 393 g/mol. The normalized spacial score (nSPS) is 10.7. The topological polar surface area (TPSA) is 32.3 Å². The van der Waals surface area contributed by atoms with Crippen molar-refractivity contribution in [2.45, 2.75) is 13.1 Å². The zero-order chi connectivity index (χ0) is 13.8. The Kier molecular flexibility index (Phi) is 5.28. The van der Waals surface area contributed by atoms with Crippen molar-refractivity contribution in [3.8, 4) is 5.75 Å². The predicted molar refractivity (Wildman–Crippen MR) is 85.5 cm³/mol. The average molecular weight is 406 g/mol. The number of phenols is 1. The van der Waals surface area contributed by atoms with Gasteiger partial charge < -0.3 is 10.4 Å². The van der Waals surface area contributed by atoms with Crippen LogP contribution in [0.15, 0.2) is 45.3 Å². The van der Waals surface area contributed by atoms with E-state index in [0.29, 0.717) is 22.0 Å². The molecule has 2 nitrogen and oxygen atoms in total. The van der Waals surface area contributed by atoms with Crippen molar-refractivity contribution in [2.24, 2.45) is 0 Å². The highest BCUT2D eigenvalue weighted by Gasteiger charge is 2.06. The van der Waals surface area contributed by atoms with Gasteiger partial charge in [0.1, 0.15) is 5.75 Å². The summed E-state index contributed by atoms with van der Waals surface area (Å²) in [5.74, 6) is 0.217. The number of hydrogen-bond donors (Lipinski definition) is 2. The molecule has 100 valence electrons. The van der Waals surface area contributed by atoms with E-state index < -0.39 is 0 Å². The molecule has 2 aromatic carbocycles. The van der Waals surface area contributed by atoms with Gasteiger partial charge >= 0.3 is 0 Å². The molecule has 0 fully saturated rings. The smallest absolute Gasteiger partial charge is 0.143 e. The van der Waals surface area contributed by atoms with Crippen molar-refractivity contribution >= 4 is 43.5 Å². The number of halogens is 3. The van der Waals surface area contributed by atoms with Crippen LogP contribution in [0.4, 0.5) is 0 Å². The van der Waals surface area contributed by atoms with Gasteiger partial charge in [-0.1, -0.05) is 29.8 Å². The highest BCUT2D eigenvalue weighted by Crippen LogP contribution is 2.33. The zero-order valence-corrected chi connectivity index (χ0v) is 13.9. The number of phenolic OH excluding ortho intramolecular Hbond substituents is 1. The maximum Gasteiger partial charge on any atom is 0.143 e. The van der Waals surface area contributed by atoms with Crippen LogP contribution in [0.2, 0.25) is 5.02 Å². The number of aromatic hydroxyl groups is 1.